The highest BCUT2D eigenvalue weighted by molar-refractivity contribution is 7.99. The lowest BCUT2D eigenvalue weighted by molar-refractivity contribution is -0.384. The number of methoxy groups -OCH3 is 1. The summed E-state index contributed by atoms with van der Waals surface area (Å²) in [5.74, 6) is 1.17. The number of hydrogen-bond acceptors (Lipinski definition) is 6. The minimum absolute atomic E-state index is 0.0390. The number of hydrogen-bond donors (Lipinski definition) is 1. The second-order valence-corrected chi connectivity index (χ2v) is 9.79. The Kier molecular flexibility index (Phi) is 9.96. The number of amides is 2. The maximum atomic E-state index is 13.3. The van der Waals surface area contributed by atoms with Crippen LogP contribution in [0.3, 0.4) is 0 Å². The van der Waals surface area contributed by atoms with Crippen molar-refractivity contribution in [3.8, 4) is 5.75 Å². The van der Waals surface area contributed by atoms with E-state index in [4.69, 9.17) is 4.74 Å². The smallest absolute Gasteiger partial charge is 0.269 e. The number of benzene rings is 2. The zero-order valence-corrected chi connectivity index (χ0v) is 21.1. The zero-order chi connectivity index (χ0) is 25.2. The van der Waals surface area contributed by atoms with Gasteiger partial charge in [0.25, 0.3) is 5.69 Å². The number of nitro groups is 1. The quantitative estimate of drug-likeness (QED) is 0.355. The van der Waals surface area contributed by atoms with Crippen LogP contribution in [0.4, 0.5) is 5.69 Å². The number of thioether (sulfide) groups is 1. The molecule has 8 nitrogen and oxygen atoms in total. The Hall–Kier alpha value is -3.07. The molecule has 2 amide bonds. The molecule has 2 aromatic rings. The molecule has 0 spiro atoms. The van der Waals surface area contributed by atoms with Crippen LogP contribution in [0.1, 0.15) is 50.2 Å². The molecule has 0 aliphatic heterocycles. The van der Waals surface area contributed by atoms with Gasteiger partial charge in [0.2, 0.25) is 11.8 Å². The van der Waals surface area contributed by atoms with Gasteiger partial charge in [0.15, 0.2) is 0 Å². The van der Waals surface area contributed by atoms with Crippen molar-refractivity contribution in [2.24, 2.45) is 0 Å². The molecule has 1 atom stereocenters. The predicted octanol–water partition coefficient (Wildman–Crippen LogP) is 4.70. The number of rotatable bonds is 11. The summed E-state index contributed by atoms with van der Waals surface area (Å²) in [6, 6.07) is 13.4. The summed E-state index contributed by atoms with van der Waals surface area (Å²) in [4.78, 5) is 38.4. The Morgan fingerprint density at radius 1 is 1.14 bits per heavy atom. The summed E-state index contributed by atoms with van der Waals surface area (Å²) in [5, 5.41) is 14.0. The van der Waals surface area contributed by atoms with Crippen LogP contribution in [0.15, 0.2) is 48.5 Å². The van der Waals surface area contributed by atoms with Crippen LogP contribution in [0.2, 0.25) is 0 Å². The van der Waals surface area contributed by atoms with E-state index in [-0.39, 0.29) is 29.3 Å². The SMILES string of the molecule is COc1cccc(CN(C(=O)CSCc2ccc([N+](=O)[O-])cc2)[C@@H](C)C(=O)NC2CCCCC2)c1. The van der Waals surface area contributed by atoms with Crippen molar-refractivity contribution in [1.82, 2.24) is 10.2 Å². The van der Waals surface area contributed by atoms with E-state index in [2.05, 4.69) is 5.32 Å². The molecule has 9 heteroatoms. The van der Waals surface area contributed by atoms with Gasteiger partial charge in [-0.2, -0.15) is 0 Å². The van der Waals surface area contributed by atoms with Crippen molar-refractivity contribution in [3.05, 3.63) is 69.8 Å². The maximum Gasteiger partial charge on any atom is 0.269 e. The fourth-order valence-corrected chi connectivity index (χ4v) is 5.04. The lowest BCUT2D eigenvalue weighted by Gasteiger charge is -2.31. The van der Waals surface area contributed by atoms with Gasteiger partial charge in [-0.3, -0.25) is 19.7 Å². The largest absolute Gasteiger partial charge is 0.497 e. The molecule has 0 heterocycles. The number of carbonyl (C=O) groups is 2. The number of nitro benzene ring substituents is 1. The van der Waals surface area contributed by atoms with Gasteiger partial charge >= 0.3 is 0 Å². The molecule has 0 bridgehead atoms. The average molecular weight is 500 g/mol. The maximum absolute atomic E-state index is 13.3. The molecule has 3 rings (SSSR count). The van der Waals surface area contributed by atoms with Crippen molar-refractivity contribution >= 4 is 29.3 Å². The minimum Gasteiger partial charge on any atom is -0.497 e. The molecule has 35 heavy (non-hydrogen) atoms. The number of nitrogens with zero attached hydrogens (tertiary/aromatic N) is 2. The molecule has 0 aromatic heterocycles. The molecular weight excluding hydrogens is 466 g/mol. The van der Waals surface area contributed by atoms with Gasteiger partial charge < -0.3 is 15.0 Å². The average Bonchev–Trinajstić information content (AvgIpc) is 2.87. The van der Waals surface area contributed by atoms with Crippen LogP contribution in [0.25, 0.3) is 0 Å². The van der Waals surface area contributed by atoms with Crippen molar-refractivity contribution in [2.45, 2.75) is 63.4 Å². The molecule has 1 aliphatic carbocycles. The molecule has 1 N–H and O–H groups in total. The second kappa shape index (κ2) is 13.1. The topological polar surface area (TPSA) is 102 Å². The van der Waals surface area contributed by atoms with Crippen LogP contribution >= 0.6 is 11.8 Å². The van der Waals surface area contributed by atoms with Gasteiger partial charge in [-0.1, -0.05) is 43.5 Å². The van der Waals surface area contributed by atoms with E-state index in [1.807, 2.05) is 24.3 Å². The standard InChI is InChI=1S/C26H33N3O5S/c1-19(26(31)27-22-8-4-3-5-9-22)28(16-21-7-6-10-24(15-21)34-2)25(30)18-35-17-20-11-13-23(14-12-20)29(32)33/h6-7,10-15,19,22H,3-5,8-9,16-18H2,1-2H3,(H,27,31)/t19-/m0/s1. The fourth-order valence-electron chi connectivity index (χ4n) is 4.17. The molecule has 188 valence electrons. The summed E-state index contributed by atoms with van der Waals surface area (Å²) < 4.78 is 5.31. The third-order valence-electron chi connectivity index (χ3n) is 6.25. The molecular formula is C26H33N3O5S. The van der Waals surface area contributed by atoms with Crippen molar-refractivity contribution < 1.29 is 19.2 Å². The monoisotopic (exact) mass is 499 g/mol. The first-order chi connectivity index (χ1) is 16.9. The van der Waals surface area contributed by atoms with Gasteiger partial charge in [0, 0.05) is 30.5 Å². The molecule has 0 saturated heterocycles. The first kappa shape index (κ1) is 26.5. The molecule has 1 fully saturated rings. The van der Waals surface area contributed by atoms with E-state index in [0.29, 0.717) is 18.0 Å². The third-order valence-corrected chi connectivity index (χ3v) is 7.24. The Morgan fingerprint density at radius 3 is 2.51 bits per heavy atom. The van der Waals surface area contributed by atoms with Crippen molar-refractivity contribution in [2.75, 3.05) is 12.9 Å². The Labute approximate surface area is 210 Å². The van der Waals surface area contributed by atoms with E-state index in [1.54, 1.807) is 31.1 Å². The number of ether oxygens (including phenoxy) is 1. The predicted molar refractivity (Wildman–Crippen MR) is 137 cm³/mol. The van der Waals surface area contributed by atoms with E-state index < -0.39 is 11.0 Å². The van der Waals surface area contributed by atoms with Gasteiger partial charge in [0.1, 0.15) is 11.8 Å². The molecule has 1 aliphatic rings. The number of carbonyl (C=O) groups excluding carboxylic acids is 2. The highest BCUT2D eigenvalue weighted by Gasteiger charge is 2.28. The van der Waals surface area contributed by atoms with Crippen LogP contribution in [-0.4, -0.2) is 46.6 Å². The van der Waals surface area contributed by atoms with Crippen LogP contribution < -0.4 is 10.1 Å². The van der Waals surface area contributed by atoms with Gasteiger partial charge in [0.05, 0.1) is 17.8 Å². The number of non-ortho nitro benzene ring substituents is 1. The lowest BCUT2D eigenvalue weighted by atomic mass is 9.95. The first-order valence-electron chi connectivity index (χ1n) is 11.9. The fraction of sp³-hybridized carbons (Fsp3) is 0.462. The van der Waals surface area contributed by atoms with E-state index in [9.17, 15) is 19.7 Å². The normalized spacial score (nSPS) is 14.7. The number of nitrogens with one attached hydrogen (secondary N) is 1. The third kappa shape index (κ3) is 7.99. The van der Waals surface area contributed by atoms with Gasteiger partial charge in [-0.25, -0.2) is 0 Å². The molecule has 2 aromatic carbocycles. The highest BCUT2D eigenvalue weighted by Crippen LogP contribution is 2.21. The summed E-state index contributed by atoms with van der Waals surface area (Å²) in [5.41, 5.74) is 1.82. The second-order valence-electron chi connectivity index (χ2n) is 8.81. The molecule has 1 saturated carbocycles. The summed E-state index contributed by atoms with van der Waals surface area (Å²) in [7, 11) is 1.59. The first-order valence-corrected chi connectivity index (χ1v) is 13.1. The van der Waals surface area contributed by atoms with Crippen LogP contribution in [0, 0.1) is 10.1 Å². The van der Waals surface area contributed by atoms with Crippen LogP contribution in [0.5, 0.6) is 5.75 Å². The van der Waals surface area contributed by atoms with Crippen molar-refractivity contribution in [1.29, 1.82) is 0 Å². The van der Waals surface area contributed by atoms with E-state index in [0.717, 1.165) is 36.8 Å². The Morgan fingerprint density at radius 2 is 1.86 bits per heavy atom. The highest BCUT2D eigenvalue weighted by atomic mass is 32.2. The Bertz CT molecular complexity index is 1010. The van der Waals surface area contributed by atoms with Gasteiger partial charge in [-0.15, -0.1) is 11.8 Å². The lowest BCUT2D eigenvalue weighted by Crippen LogP contribution is -2.50. The molecule has 0 radical (unpaired) electrons. The van der Waals surface area contributed by atoms with Gasteiger partial charge in [-0.05, 0) is 43.0 Å². The Balaban J connectivity index is 1.66. The minimum atomic E-state index is -0.615. The van der Waals surface area contributed by atoms with Crippen molar-refractivity contribution in [3.63, 3.8) is 0 Å². The van der Waals surface area contributed by atoms with E-state index in [1.165, 1.54) is 30.3 Å². The summed E-state index contributed by atoms with van der Waals surface area (Å²) in [6.45, 7) is 2.07. The summed E-state index contributed by atoms with van der Waals surface area (Å²) >= 11 is 1.42. The van der Waals surface area contributed by atoms with Crippen LogP contribution in [-0.2, 0) is 21.9 Å². The zero-order valence-electron chi connectivity index (χ0n) is 20.3. The summed E-state index contributed by atoms with van der Waals surface area (Å²) in [6.07, 6.45) is 5.39. The van der Waals surface area contributed by atoms with E-state index >= 15 is 0 Å². The molecule has 0 unspecified atom stereocenters.